The van der Waals surface area contributed by atoms with Crippen LogP contribution in [0.3, 0.4) is 0 Å². The van der Waals surface area contributed by atoms with Crippen LogP contribution in [0.1, 0.15) is 23.6 Å². The summed E-state index contributed by atoms with van der Waals surface area (Å²) in [6, 6.07) is 12.6. The number of pyridine rings is 1. The molecule has 0 radical (unpaired) electrons. The zero-order valence-corrected chi connectivity index (χ0v) is 10.9. The maximum absolute atomic E-state index is 4.48. The van der Waals surface area contributed by atoms with E-state index in [9.17, 15) is 0 Å². The summed E-state index contributed by atoms with van der Waals surface area (Å²) in [6.45, 7) is 1.00. The van der Waals surface area contributed by atoms with Crippen LogP contribution in [0.25, 0.3) is 0 Å². The van der Waals surface area contributed by atoms with E-state index in [-0.39, 0.29) is 0 Å². The Labute approximate surface area is 109 Å². The van der Waals surface area contributed by atoms with Gasteiger partial charge in [0.15, 0.2) is 0 Å². The van der Waals surface area contributed by atoms with E-state index in [0.29, 0.717) is 5.92 Å². The van der Waals surface area contributed by atoms with Gasteiger partial charge in [-0.25, -0.2) is 0 Å². The van der Waals surface area contributed by atoms with Gasteiger partial charge in [-0.1, -0.05) is 28.1 Å². The lowest BCUT2D eigenvalue weighted by Gasteiger charge is -2.26. The quantitative estimate of drug-likeness (QED) is 0.864. The monoisotopic (exact) mass is 288 g/mol. The average molecular weight is 289 g/mol. The Morgan fingerprint density at radius 1 is 1.24 bits per heavy atom. The Morgan fingerprint density at radius 2 is 2.18 bits per heavy atom. The minimum atomic E-state index is 0.417. The maximum atomic E-state index is 4.48. The van der Waals surface area contributed by atoms with Crippen LogP contribution in [-0.2, 0) is 0 Å². The number of hydrogen-bond acceptors (Lipinski definition) is 2. The minimum absolute atomic E-state index is 0.417. The fraction of sp³-hybridized carbons (Fsp3) is 0.214. The normalized spacial score (nSPS) is 18.3. The molecule has 3 heteroatoms. The van der Waals surface area contributed by atoms with Crippen LogP contribution in [0.5, 0.6) is 0 Å². The van der Waals surface area contributed by atoms with E-state index >= 15 is 0 Å². The van der Waals surface area contributed by atoms with Crippen LogP contribution in [0, 0.1) is 0 Å². The van der Waals surface area contributed by atoms with Gasteiger partial charge in [0.05, 0.1) is 0 Å². The van der Waals surface area contributed by atoms with Crippen molar-refractivity contribution < 1.29 is 0 Å². The van der Waals surface area contributed by atoms with Crippen molar-refractivity contribution in [3.8, 4) is 0 Å². The Hall–Kier alpha value is -1.35. The van der Waals surface area contributed by atoms with Gasteiger partial charge in [0.2, 0.25) is 0 Å². The number of benzene rings is 1. The number of fused-ring (bicyclic) bond motifs is 1. The van der Waals surface area contributed by atoms with Gasteiger partial charge in [0.25, 0.3) is 0 Å². The number of nitrogens with zero attached hydrogens (tertiary/aromatic N) is 1. The highest BCUT2D eigenvalue weighted by molar-refractivity contribution is 9.10. The van der Waals surface area contributed by atoms with Gasteiger partial charge in [-0.2, -0.15) is 0 Å². The van der Waals surface area contributed by atoms with E-state index in [1.807, 2.05) is 12.3 Å². The zero-order chi connectivity index (χ0) is 11.7. The molecule has 0 spiro atoms. The average Bonchev–Trinajstić information content (AvgIpc) is 2.39. The van der Waals surface area contributed by atoms with E-state index in [4.69, 9.17) is 0 Å². The Kier molecular flexibility index (Phi) is 2.85. The van der Waals surface area contributed by atoms with Crippen molar-refractivity contribution in [1.82, 2.24) is 4.98 Å². The first-order valence-electron chi connectivity index (χ1n) is 5.79. The second kappa shape index (κ2) is 4.49. The highest BCUT2D eigenvalue weighted by atomic mass is 79.9. The molecule has 2 heterocycles. The number of aromatic nitrogens is 1. The molecule has 1 aliphatic rings. The molecule has 17 heavy (non-hydrogen) atoms. The van der Waals surface area contributed by atoms with Gasteiger partial charge >= 0.3 is 0 Å². The second-order valence-corrected chi connectivity index (χ2v) is 5.17. The molecule has 2 aromatic rings. The lowest BCUT2D eigenvalue weighted by Crippen LogP contribution is -2.18. The molecule has 0 bridgehead atoms. The molecule has 1 aliphatic heterocycles. The smallest absolute Gasteiger partial charge is 0.0479 e. The Bertz CT molecular complexity index is 525. The third-order valence-corrected chi connectivity index (χ3v) is 3.68. The summed E-state index contributed by atoms with van der Waals surface area (Å²) in [5.41, 5.74) is 3.73. The molecule has 1 aromatic heterocycles. The highest BCUT2D eigenvalue weighted by Crippen LogP contribution is 2.36. The van der Waals surface area contributed by atoms with Crippen molar-refractivity contribution >= 4 is 21.6 Å². The number of hydrogen-bond donors (Lipinski definition) is 1. The van der Waals surface area contributed by atoms with E-state index in [1.165, 1.54) is 11.3 Å². The highest BCUT2D eigenvalue weighted by Gasteiger charge is 2.22. The minimum Gasteiger partial charge on any atom is -0.385 e. The predicted octanol–water partition coefficient (Wildman–Crippen LogP) is 3.79. The molecule has 1 unspecified atom stereocenters. The summed E-state index contributed by atoms with van der Waals surface area (Å²) in [5, 5.41) is 3.45. The first kappa shape index (κ1) is 10.8. The number of anilines is 1. The predicted molar refractivity (Wildman–Crippen MR) is 73.3 cm³/mol. The molecule has 0 amide bonds. The van der Waals surface area contributed by atoms with Gasteiger partial charge < -0.3 is 5.32 Å². The number of halogens is 1. The molecule has 3 rings (SSSR count). The third-order valence-electron chi connectivity index (χ3n) is 3.18. The van der Waals surface area contributed by atoms with Gasteiger partial charge in [0.1, 0.15) is 0 Å². The molecule has 86 valence electrons. The topological polar surface area (TPSA) is 24.9 Å². The molecular formula is C14H13BrN2. The van der Waals surface area contributed by atoms with Crippen molar-refractivity contribution in [2.45, 2.75) is 12.3 Å². The van der Waals surface area contributed by atoms with Crippen LogP contribution in [0.15, 0.2) is 47.1 Å². The summed E-state index contributed by atoms with van der Waals surface area (Å²) >= 11 is 3.51. The SMILES string of the molecule is Brc1ccc2c(c1)NCCC2c1ccccn1. The first-order valence-corrected chi connectivity index (χ1v) is 6.58. The molecule has 2 nitrogen and oxygen atoms in total. The summed E-state index contributed by atoms with van der Waals surface area (Å²) in [6.07, 6.45) is 2.97. The summed E-state index contributed by atoms with van der Waals surface area (Å²) in [7, 11) is 0. The standard InChI is InChI=1S/C14H13BrN2/c15-10-4-5-11-12(6-8-17-14(11)9-10)13-3-1-2-7-16-13/h1-5,7,9,12,17H,6,8H2. The van der Waals surface area contributed by atoms with E-state index < -0.39 is 0 Å². The third kappa shape index (κ3) is 2.07. The zero-order valence-electron chi connectivity index (χ0n) is 9.36. The largest absolute Gasteiger partial charge is 0.385 e. The van der Waals surface area contributed by atoms with Crippen molar-refractivity contribution in [2.75, 3.05) is 11.9 Å². The fourth-order valence-corrected chi connectivity index (χ4v) is 2.74. The van der Waals surface area contributed by atoms with Crippen molar-refractivity contribution in [2.24, 2.45) is 0 Å². The van der Waals surface area contributed by atoms with Crippen LogP contribution in [-0.4, -0.2) is 11.5 Å². The van der Waals surface area contributed by atoms with Crippen molar-refractivity contribution in [1.29, 1.82) is 0 Å². The van der Waals surface area contributed by atoms with Crippen molar-refractivity contribution in [3.05, 3.63) is 58.3 Å². The van der Waals surface area contributed by atoms with Crippen LogP contribution >= 0.6 is 15.9 Å². The summed E-state index contributed by atoms with van der Waals surface area (Å²) in [4.78, 5) is 4.48. The molecule has 0 aliphatic carbocycles. The van der Waals surface area contributed by atoms with Gasteiger partial charge in [-0.15, -0.1) is 0 Å². The fourth-order valence-electron chi connectivity index (χ4n) is 2.38. The molecule has 0 saturated heterocycles. The van der Waals surface area contributed by atoms with Gasteiger partial charge in [0, 0.05) is 34.5 Å². The molecule has 0 fully saturated rings. The summed E-state index contributed by atoms with van der Waals surface area (Å²) < 4.78 is 1.12. The van der Waals surface area contributed by atoms with Gasteiger partial charge in [-0.3, -0.25) is 4.98 Å². The first-order chi connectivity index (χ1) is 8.34. The molecular weight excluding hydrogens is 276 g/mol. The Balaban J connectivity index is 2.06. The molecule has 0 saturated carbocycles. The van der Waals surface area contributed by atoms with Crippen LogP contribution in [0.2, 0.25) is 0 Å². The molecule has 1 aromatic carbocycles. The lowest BCUT2D eigenvalue weighted by molar-refractivity contribution is 0.699. The van der Waals surface area contributed by atoms with Crippen molar-refractivity contribution in [3.63, 3.8) is 0 Å². The maximum Gasteiger partial charge on any atom is 0.0479 e. The number of nitrogens with one attached hydrogen (secondary N) is 1. The van der Waals surface area contributed by atoms with E-state index in [2.05, 4.69) is 56.6 Å². The number of rotatable bonds is 1. The second-order valence-electron chi connectivity index (χ2n) is 4.25. The van der Waals surface area contributed by atoms with Gasteiger partial charge in [-0.05, 0) is 36.2 Å². The van der Waals surface area contributed by atoms with Crippen LogP contribution in [0.4, 0.5) is 5.69 Å². The molecule has 1 atom stereocenters. The van der Waals surface area contributed by atoms with E-state index in [1.54, 1.807) is 0 Å². The van der Waals surface area contributed by atoms with E-state index in [0.717, 1.165) is 23.1 Å². The summed E-state index contributed by atoms with van der Waals surface area (Å²) in [5.74, 6) is 0.417. The van der Waals surface area contributed by atoms with Crippen LogP contribution < -0.4 is 5.32 Å². The lowest BCUT2D eigenvalue weighted by atomic mass is 9.88. The molecule has 1 N–H and O–H groups in total. The Morgan fingerprint density at radius 3 is 3.00 bits per heavy atom.